The Kier molecular flexibility index (Phi) is 3.21. The van der Waals surface area contributed by atoms with Gasteiger partial charge in [-0.2, -0.15) is 0 Å². The molecule has 0 spiro atoms. The van der Waals surface area contributed by atoms with Crippen molar-refractivity contribution >= 4 is 10.9 Å². The number of hydrogen-bond donors (Lipinski definition) is 2. The van der Waals surface area contributed by atoms with Gasteiger partial charge in [0.2, 0.25) is 0 Å². The van der Waals surface area contributed by atoms with Crippen LogP contribution in [-0.4, -0.2) is 37.1 Å². The first-order valence-electron chi connectivity index (χ1n) is 6.79. The molecule has 0 saturated carbocycles. The third-order valence-electron chi connectivity index (χ3n) is 4.26. The minimum atomic E-state index is 0.392. The molecule has 1 saturated heterocycles. The molecule has 0 radical (unpaired) electrons. The summed E-state index contributed by atoms with van der Waals surface area (Å²) in [5, 5.41) is 1.26. The molecule has 19 heavy (non-hydrogen) atoms. The van der Waals surface area contributed by atoms with E-state index in [2.05, 4.69) is 35.1 Å². The number of benzene rings is 1. The SMILES string of the molecule is COc1ccc2[nH]ccc2c1C1CC(CN)CN1C. The number of likely N-dealkylation sites (tertiary alicyclic amines) is 1. The van der Waals surface area contributed by atoms with Gasteiger partial charge in [0.05, 0.1) is 7.11 Å². The van der Waals surface area contributed by atoms with Crippen molar-refractivity contribution in [2.24, 2.45) is 11.7 Å². The van der Waals surface area contributed by atoms with Crippen LogP contribution in [0, 0.1) is 5.92 Å². The zero-order valence-corrected chi connectivity index (χ0v) is 11.5. The van der Waals surface area contributed by atoms with E-state index in [4.69, 9.17) is 10.5 Å². The second-order valence-electron chi connectivity index (χ2n) is 5.41. The number of nitrogens with zero attached hydrogens (tertiary/aromatic N) is 1. The molecule has 0 aliphatic carbocycles. The summed E-state index contributed by atoms with van der Waals surface area (Å²) >= 11 is 0. The number of nitrogens with two attached hydrogens (primary N) is 1. The topological polar surface area (TPSA) is 54.3 Å². The summed E-state index contributed by atoms with van der Waals surface area (Å²) < 4.78 is 5.58. The van der Waals surface area contributed by atoms with E-state index in [1.54, 1.807) is 7.11 Å². The van der Waals surface area contributed by atoms with Gasteiger partial charge in [-0.05, 0) is 44.1 Å². The molecule has 102 valence electrons. The van der Waals surface area contributed by atoms with Crippen LogP contribution in [0.1, 0.15) is 18.0 Å². The molecule has 4 nitrogen and oxygen atoms in total. The van der Waals surface area contributed by atoms with Crippen molar-refractivity contribution in [1.29, 1.82) is 0 Å². The Bertz CT molecular complexity index is 578. The molecule has 3 rings (SSSR count). The molecule has 2 unspecified atom stereocenters. The van der Waals surface area contributed by atoms with E-state index in [0.717, 1.165) is 25.3 Å². The van der Waals surface area contributed by atoms with Crippen LogP contribution in [-0.2, 0) is 0 Å². The molecule has 2 heterocycles. The lowest BCUT2D eigenvalue weighted by Gasteiger charge is -2.22. The van der Waals surface area contributed by atoms with Crippen molar-refractivity contribution in [3.8, 4) is 5.75 Å². The molecule has 1 aromatic heterocycles. The van der Waals surface area contributed by atoms with E-state index < -0.39 is 0 Å². The Morgan fingerprint density at radius 3 is 2.95 bits per heavy atom. The van der Waals surface area contributed by atoms with Gasteiger partial charge >= 0.3 is 0 Å². The van der Waals surface area contributed by atoms with Gasteiger partial charge in [-0.3, -0.25) is 4.90 Å². The number of aromatic nitrogens is 1. The van der Waals surface area contributed by atoms with Crippen LogP contribution in [0.25, 0.3) is 10.9 Å². The molecule has 0 bridgehead atoms. The number of H-pyrrole nitrogens is 1. The molecule has 3 N–H and O–H groups in total. The molecule has 4 heteroatoms. The lowest BCUT2D eigenvalue weighted by Crippen LogP contribution is -2.21. The Morgan fingerprint density at radius 1 is 1.42 bits per heavy atom. The molecule has 1 fully saturated rings. The second kappa shape index (κ2) is 4.87. The molecule has 1 aliphatic heterocycles. The second-order valence-corrected chi connectivity index (χ2v) is 5.41. The lowest BCUT2D eigenvalue weighted by molar-refractivity contribution is 0.305. The number of nitrogens with one attached hydrogen (secondary N) is 1. The minimum absolute atomic E-state index is 0.392. The number of fused-ring (bicyclic) bond motifs is 1. The highest BCUT2D eigenvalue weighted by molar-refractivity contribution is 5.85. The van der Waals surface area contributed by atoms with Gasteiger partial charge in [0.25, 0.3) is 0 Å². The van der Waals surface area contributed by atoms with E-state index >= 15 is 0 Å². The standard InChI is InChI=1S/C15H21N3O/c1-18-9-10(8-16)7-13(18)15-11-5-6-17-12(11)3-4-14(15)19-2/h3-6,10,13,17H,7-9,16H2,1-2H3. The van der Waals surface area contributed by atoms with Gasteiger partial charge in [-0.1, -0.05) is 0 Å². The van der Waals surface area contributed by atoms with Crippen molar-refractivity contribution in [3.05, 3.63) is 30.0 Å². The van der Waals surface area contributed by atoms with Crippen LogP contribution in [0.5, 0.6) is 5.75 Å². The zero-order chi connectivity index (χ0) is 13.4. The number of methoxy groups -OCH3 is 1. The number of hydrogen-bond acceptors (Lipinski definition) is 3. The molecular formula is C15H21N3O. The van der Waals surface area contributed by atoms with Crippen LogP contribution < -0.4 is 10.5 Å². The fourth-order valence-corrected chi connectivity index (χ4v) is 3.27. The van der Waals surface area contributed by atoms with Gasteiger partial charge in [0, 0.05) is 35.2 Å². The van der Waals surface area contributed by atoms with Crippen molar-refractivity contribution in [3.63, 3.8) is 0 Å². The number of rotatable bonds is 3. The summed E-state index contributed by atoms with van der Waals surface area (Å²) in [6.07, 6.45) is 3.09. The maximum atomic E-state index is 5.84. The monoisotopic (exact) mass is 259 g/mol. The van der Waals surface area contributed by atoms with Gasteiger partial charge in [0.1, 0.15) is 5.75 Å². The first kappa shape index (κ1) is 12.5. The van der Waals surface area contributed by atoms with E-state index in [1.165, 1.54) is 16.5 Å². The summed E-state index contributed by atoms with van der Waals surface area (Å²) in [5.74, 6) is 1.55. The highest BCUT2D eigenvalue weighted by Crippen LogP contribution is 2.41. The normalized spacial score (nSPS) is 24.2. The Morgan fingerprint density at radius 2 is 2.26 bits per heavy atom. The average Bonchev–Trinajstić information content (AvgIpc) is 3.03. The molecule has 1 aliphatic rings. The molecule has 1 aromatic carbocycles. The maximum absolute atomic E-state index is 5.84. The van der Waals surface area contributed by atoms with Gasteiger partial charge < -0.3 is 15.5 Å². The fraction of sp³-hybridized carbons (Fsp3) is 0.467. The van der Waals surface area contributed by atoms with Crippen molar-refractivity contribution in [1.82, 2.24) is 9.88 Å². The smallest absolute Gasteiger partial charge is 0.124 e. The highest BCUT2D eigenvalue weighted by Gasteiger charge is 2.32. The van der Waals surface area contributed by atoms with Crippen LogP contribution >= 0.6 is 0 Å². The average molecular weight is 259 g/mol. The first-order valence-corrected chi connectivity index (χ1v) is 6.79. The Labute approximate surface area is 113 Å². The zero-order valence-electron chi connectivity index (χ0n) is 11.5. The van der Waals surface area contributed by atoms with Gasteiger partial charge in [0.15, 0.2) is 0 Å². The summed E-state index contributed by atoms with van der Waals surface area (Å²) in [6.45, 7) is 1.82. The fourth-order valence-electron chi connectivity index (χ4n) is 3.27. The van der Waals surface area contributed by atoms with Crippen molar-refractivity contribution in [2.45, 2.75) is 12.5 Å². The molecule has 2 aromatic rings. The Hall–Kier alpha value is -1.52. The number of aromatic amines is 1. The largest absolute Gasteiger partial charge is 0.496 e. The predicted octanol–water partition coefficient (Wildman–Crippen LogP) is 2.13. The highest BCUT2D eigenvalue weighted by atomic mass is 16.5. The van der Waals surface area contributed by atoms with Crippen LogP contribution in [0.15, 0.2) is 24.4 Å². The van der Waals surface area contributed by atoms with E-state index in [0.29, 0.717) is 12.0 Å². The summed E-state index contributed by atoms with van der Waals surface area (Å²) in [5.41, 5.74) is 8.29. The quantitative estimate of drug-likeness (QED) is 0.888. The lowest BCUT2D eigenvalue weighted by atomic mass is 9.96. The van der Waals surface area contributed by atoms with Crippen LogP contribution in [0.4, 0.5) is 0 Å². The van der Waals surface area contributed by atoms with Crippen molar-refractivity contribution in [2.75, 3.05) is 27.2 Å². The van der Waals surface area contributed by atoms with E-state index in [-0.39, 0.29) is 0 Å². The van der Waals surface area contributed by atoms with Crippen LogP contribution in [0.2, 0.25) is 0 Å². The third kappa shape index (κ3) is 2.01. The number of ether oxygens (including phenoxy) is 1. The van der Waals surface area contributed by atoms with E-state index in [1.807, 2.05) is 6.20 Å². The van der Waals surface area contributed by atoms with E-state index in [9.17, 15) is 0 Å². The molecule has 0 amide bonds. The predicted molar refractivity (Wildman–Crippen MR) is 77.4 cm³/mol. The van der Waals surface area contributed by atoms with Gasteiger partial charge in [-0.25, -0.2) is 0 Å². The maximum Gasteiger partial charge on any atom is 0.124 e. The molecular weight excluding hydrogens is 238 g/mol. The van der Waals surface area contributed by atoms with Crippen LogP contribution in [0.3, 0.4) is 0 Å². The third-order valence-corrected chi connectivity index (χ3v) is 4.26. The summed E-state index contributed by atoms with van der Waals surface area (Å²) in [7, 11) is 3.91. The van der Waals surface area contributed by atoms with Crippen molar-refractivity contribution < 1.29 is 4.74 Å². The van der Waals surface area contributed by atoms with Gasteiger partial charge in [-0.15, -0.1) is 0 Å². The molecule has 2 atom stereocenters. The summed E-state index contributed by atoms with van der Waals surface area (Å²) in [4.78, 5) is 5.67. The first-order chi connectivity index (χ1) is 9.24. The summed E-state index contributed by atoms with van der Waals surface area (Å²) in [6, 6.07) is 6.66. The minimum Gasteiger partial charge on any atom is -0.496 e. The Balaban J connectivity index is 2.10.